The molecule has 0 bridgehead atoms. The van der Waals surface area contributed by atoms with Gasteiger partial charge in [-0.05, 0) is 18.4 Å². The van der Waals surface area contributed by atoms with Gasteiger partial charge in [-0.2, -0.15) is 0 Å². The Bertz CT molecular complexity index is 307. The summed E-state index contributed by atoms with van der Waals surface area (Å²) in [5.74, 6) is 1.42. The zero-order chi connectivity index (χ0) is 9.80. The Morgan fingerprint density at radius 2 is 2.07 bits per heavy atom. The second-order valence-electron chi connectivity index (χ2n) is 3.64. The van der Waals surface area contributed by atoms with Crippen molar-refractivity contribution in [3.05, 3.63) is 35.9 Å². The number of hydrogen-bond acceptors (Lipinski definition) is 2. The molecule has 1 aromatic rings. The Morgan fingerprint density at radius 3 is 2.71 bits per heavy atom. The number of carbonyl (C=O) groups is 1. The first-order valence-corrected chi connectivity index (χ1v) is 6.09. The number of carbonyl (C=O) groups excluding carboxylic acids is 1. The van der Waals surface area contributed by atoms with Crippen molar-refractivity contribution in [3.8, 4) is 0 Å². The van der Waals surface area contributed by atoms with Crippen molar-refractivity contribution in [2.24, 2.45) is 0 Å². The van der Waals surface area contributed by atoms with E-state index in [1.807, 2.05) is 18.2 Å². The van der Waals surface area contributed by atoms with E-state index in [2.05, 4.69) is 12.1 Å². The largest absolute Gasteiger partial charge is 0.298 e. The third kappa shape index (κ3) is 2.38. The quantitative estimate of drug-likeness (QED) is 0.756. The molecule has 0 heterocycles. The Morgan fingerprint density at radius 1 is 1.29 bits per heavy atom. The van der Waals surface area contributed by atoms with E-state index < -0.39 is 0 Å². The molecule has 0 saturated heterocycles. The first-order valence-electron chi connectivity index (χ1n) is 5.04. The standard InChI is InChI=1S/C12H14OS/c13-11-7-4-8-12(11)14-9-10-5-2-1-3-6-10/h1-3,5-6,12H,4,7-9H2. The third-order valence-electron chi connectivity index (χ3n) is 2.54. The molecule has 1 fully saturated rings. The smallest absolute Gasteiger partial charge is 0.145 e. The van der Waals surface area contributed by atoms with Gasteiger partial charge in [-0.1, -0.05) is 30.3 Å². The summed E-state index contributed by atoms with van der Waals surface area (Å²) in [6.07, 6.45) is 2.97. The molecule has 1 unspecified atom stereocenters. The minimum absolute atomic E-state index is 0.273. The zero-order valence-corrected chi connectivity index (χ0v) is 8.93. The molecule has 0 aliphatic heterocycles. The molecular weight excluding hydrogens is 192 g/mol. The SMILES string of the molecule is O=C1CCCC1SCc1ccccc1. The van der Waals surface area contributed by atoms with Gasteiger partial charge in [0.25, 0.3) is 0 Å². The van der Waals surface area contributed by atoms with Gasteiger partial charge in [0, 0.05) is 12.2 Å². The summed E-state index contributed by atoms with van der Waals surface area (Å²) >= 11 is 1.80. The Balaban J connectivity index is 1.85. The molecule has 0 aromatic heterocycles. The fourth-order valence-electron chi connectivity index (χ4n) is 1.73. The Hall–Kier alpha value is -0.760. The minimum atomic E-state index is 0.273. The van der Waals surface area contributed by atoms with E-state index in [1.54, 1.807) is 11.8 Å². The van der Waals surface area contributed by atoms with Gasteiger partial charge in [0.2, 0.25) is 0 Å². The van der Waals surface area contributed by atoms with E-state index in [0.717, 1.165) is 25.0 Å². The molecule has 2 rings (SSSR count). The lowest BCUT2D eigenvalue weighted by atomic mass is 10.2. The van der Waals surface area contributed by atoms with Gasteiger partial charge in [0.05, 0.1) is 5.25 Å². The molecule has 1 aliphatic rings. The molecule has 74 valence electrons. The van der Waals surface area contributed by atoms with Crippen LogP contribution < -0.4 is 0 Å². The number of benzene rings is 1. The first-order chi connectivity index (χ1) is 6.86. The van der Waals surface area contributed by atoms with Crippen molar-refractivity contribution in [2.75, 3.05) is 0 Å². The topological polar surface area (TPSA) is 17.1 Å². The van der Waals surface area contributed by atoms with Gasteiger partial charge in [0.15, 0.2) is 0 Å². The maximum Gasteiger partial charge on any atom is 0.145 e. The Kier molecular flexibility index (Phi) is 3.25. The van der Waals surface area contributed by atoms with Crippen LogP contribution in [-0.2, 0) is 10.5 Å². The lowest BCUT2D eigenvalue weighted by Crippen LogP contribution is -2.08. The van der Waals surface area contributed by atoms with Crippen molar-refractivity contribution in [2.45, 2.75) is 30.3 Å². The van der Waals surface area contributed by atoms with Gasteiger partial charge in [0.1, 0.15) is 5.78 Å². The number of rotatable bonds is 3. The molecule has 0 N–H and O–H groups in total. The van der Waals surface area contributed by atoms with E-state index in [0.29, 0.717) is 5.78 Å². The molecule has 0 spiro atoms. The summed E-state index contributed by atoms with van der Waals surface area (Å²) in [5, 5.41) is 0.273. The molecule has 14 heavy (non-hydrogen) atoms. The van der Waals surface area contributed by atoms with Crippen molar-refractivity contribution in [1.29, 1.82) is 0 Å². The maximum atomic E-state index is 11.4. The molecule has 2 heteroatoms. The molecule has 1 aromatic carbocycles. The lowest BCUT2D eigenvalue weighted by Gasteiger charge is -2.06. The third-order valence-corrected chi connectivity index (χ3v) is 3.94. The molecule has 1 aliphatic carbocycles. The highest BCUT2D eigenvalue weighted by Gasteiger charge is 2.24. The van der Waals surface area contributed by atoms with Gasteiger partial charge < -0.3 is 0 Å². The van der Waals surface area contributed by atoms with E-state index in [1.165, 1.54) is 5.56 Å². The van der Waals surface area contributed by atoms with E-state index in [9.17, 15) is 4.79 Å². The van der Waals surface area contributed by atoms with Crippen LogP contribution in [0.5, 0.6) is 0 Å². The fraction of sp³-hybridized carbons (Fsp3) is 0.417. The number of thioether (sulfide) groups is 1. The number of ketones is 1. The fourth-order valence-corrected chi connectivity index (χ4v) is 2.95. The van der Waals surface area contributed by atoms with Crippen LogP contribution in [0.15, 0.2) is 30.3 Å². The van der Waals surface area contributed by atoms with Gasteiger partial charge >= 0.3 is 0 Å². The molecular formula is C12H14OS. The van der Waals surface area contributed by atoms with Crippen molar-refractivity contribution in [3.63, 3.8) is 0 Å². The normalized spacial score (nSPS) is 21.4. The predicted octanol–water partition coefficient (Wildman–Crippen LogP) is 3.04. The molecule has 0 amide bonds. The molecule has 0 radical (unpaired) electrons. The second-order valence-corrected chi connectivity index (χ2v) is 4.83. The summed E-state index contributed by atoms with van der Waals surface area (Å²) in [6.45, 7) is 0. The molecule has 1 saturated carbocycles. The van der Waals surface area contributed by atoms with Crippen LogP contribution >= 0.6 is 11.8 Å². The number of Topliss-reactive ketones (excluding diaryl/α,β-unsaturated/α-hetero) is 1. The Labute approximate surface area is 88.9 Å². The average Bonchev–Trinajstić information content (AvgIpc) is 2.63. The van der Waals surface area contributed by atoms with Crippen molar-refractivity contribution < 1.29 is 4.79 Å². The summed E-state index contributed by atoms with van der Waals surface area (Å²) in [6, 6.07) is 10.4. The van der Waals surface area contributed by atoms with Crippen molar-refractivity contribution >= 4 is 17.5 Å². The van der Waals surface area contributed by atoms with Crippen molar-refractivity contribution in [1.82, 2.24) is 0 Å². The van der Waals surface area contributed by atoms with Gasteiger partial charge in [-0.25, -0.2) is 0 Å². The first kappa shape index (κ1) is 9.78. The van der Waals surface area contributed by atoms with Crippen LogP contribution in [0.2, 0.25) is 0 Å². The number of hydrogen-bond donors (Lipinski definition) is 0. The average molecular weight is 206 g/mol. The molecule has 1 nitrogen and oxygen atoms in total. The molecule has 1 atom stereocenters. The lowest BCUT2D eigenvalue weighted by molar-refractivity contribution is -0.116. The predicted molar refractivity (Wildman–Crippen MR) is 60.4 cm³/mol. The highest BCUT2D eigenvalue weighted by Crippen LogP contribution is 2.28. The summed E-state index contributed by atoms with van der Waals surface area (Å²) in [4.78, 5) is 11.4. The van der Waals surface area contributed by atoms with E-state index >= 15 is 0 Å². The van der Waals surface area contributed by atoms with Crippen LogP contribution in [0, 0.1) is 0 Å². The summed E-state index contributed by atoms with van der Waals surface area (Å²) in [7, 11) is 0. The second kappa shape index (κ2) is 4.65. The summed E-state index contributed by atoms with van der Waals surface area (Å²) in [5.41, 5.74) is 1.32. The monoisotopic (exact) mass is 206 g/mol. The van der Waals surface area contributed by atoms with Crippen LogP contribution in [0.4, 0.5) is 0 Å². The van der Waals surface area contributed by atoms with Crippen LogP contribution in [0.3, 0.4) is 0 Å². The maximum absolute atomic E-state index is 11.4. The van der Waals surface area contributed by atoms with Crippen LogP contribution in [-0.4, -0.2) is 11.0 Å². The highest BCUT2D eigenvalue weighted by molar-refractivity contribution is 7.99. The van der Waals surface area contributed by atoms with Gasteiger partial charge in [-0.3, -0.25) is 4.79 Å². The van der Waals surface area contributed by atoms with E-state index in [4.69, 9.17) is 0 Å². The van der Waals surface area contributed by atoms with Crippen LogP contribution in [0.25, 0.3) is 0 Å². The zero-order valence-electron chi connectivity index (χ0n) is 8.11. The van der Waals surface area contributed by atoms with Gasteiger partial charge in [-0.15, -0.1) is 11.8 Å². The summed E-state index contributed by atoms with van der Waals surface area (Å²) < 4.78 is 0. The van der Waals surface area contributed by atoms with E-state index in [-0.39, 0.29) is 5.25 Å². The van der Waals surface area contributed by atoms with Crippen LogP contribution in [0.1, 0.15) is 24.8 Å². The minimum Gasteiger partial charge on any atom is -0.298 e. The highest BCUT2D eigenvalue weighted by atomic mass is 32.2.